The van der Waals surface area contributed by atoms with Gasteiger partial charge in [-0.05, 0) is 38.8 Å². The van der Waals surface area contributed by atoms with Crippen molar-refractivity contribution in [1.82, 2.24) is 0 Å². The Morgan fingerprint density at radius 2 is 1.72 bits per heavy atom. The molecule has 0 amide bonds. The molecule has 0 spiro atoms. The van der Waals surface area contributed by atoms with Crippen molar-refractivity contribution < 1.29 is 9.53 Å². The molecule has 1 rings (SSSR count). The first-order chi connectivity index (χ1) is 8.29. The number of rotatable bonds is 4. The van der Waals surface area contributed by atoms with Gasteiger partial charge in [0, 0.05) is 5.69 Å². The quantitative estimate of drug-likeness (QED) is 0.830. The Morgan fingerprint density at radius 1 is 1.17 bits per heavy atom. The van der Waals surface area contributed by atoms with Crippen LogP contribution >= 0.6 is 0 Å². The van der Waals surface area contributed by atoms with E-state index in [0.717, 1.165) is 5.69 Å². The number of anilines is 1. The van der Waals surface area contributed by atoms with Crippen molar-refractivity contribution in [2.45, 2.75) is 46.3 Å². The zero-order chi connectivity index (χ0) is 13.8. The first-order valence-corrected chi connectivity index (χ1v) is 6.34. The average molecular weight is 249 g/mol. The second kappa shape index (κ2) is 5.89. The standard InChI is InChI=1S/C15H23NO2/c1-11(2)13(14(17)18-15(3,4)5)16-12-9-7-6-8-10-12/h6-11,13,16H,1-5H3/t13-/m0/s1. The van der Waals surface area contributed by atoms with E-state index in [2.05, 4.69) is 5.32 Å². The predicted molar refractivity (Wildman–Crippen MR) is 74.5 cm³/mol. The summed E-state index contributed by atoms with van der Waals surface area (Å²) in [7, 11) is 0. The number of hydrogen-bond acceptors (Lipinski definition) is 3. The molecule has 1 N–H and O–H groups in total. The smallest absolute Gasteiger partial charge is 0.329 e. The lowest BCUT2D eigenvalue weighted by molar-refractivity contribution is -0.156. The summed E-state index contributed by atoms with van der Waals surface area (Å²) in [5.41, 5.74) is 0.477. The molecule has 18 heavy (non-hydrogen) atoms. The van der Waals surface area contributed by atoms with Crippen molar-refractivity contribution in [2.24, 2.45) is 5.92 Å². The number of hydrogen-bond donors (Lipinski definition) is 1. The molecule has 0 radical (unpaired) electrons. The lowest BCUT2D eigenvalue weighted by Crippen LogP contribution is -2.39. The van der Waals surface area contributed by atoms with Gasteiger partial charge in [0.25, 0.3) is 0 Å². The van der Waals surface area contributed by atoms with Crippen LogP contribution in [0.1, 0.15) is 34.6 Å². The van der Waals surface area contributed by atoms with Crippen LogP contribution in [0.15, 0.2) is 30.3 Å². The maximum absolute atomic E-state index is 12.1. The molecule has 3 heteroatoms. The highest BCUT2D eigenvalue weighted by atomic mass is 16.6. The van der Waals surface area contributed by atoms with Crippen molar-refractivity contribution in [3.05, 3.63) is 30.3 Å². The van der Waals surface area contributed by atoms with E-state index in [-0.39, 0.29) is 17.9 Å². The Labute approximate surface area is 110 Å². The molecule has 0 unspecified atom stereocenters. The van der Waals surface area contributed by atoms with Crippen LogP contribution in [0.2, 0.25) is 0 Å². The van der Waals surface area contributed by atoms with E-state index < -0.39 is 5.60 Å². The normalized spacial score (nSPS) is 13.2. The van der Waals surface area contributed by atoms with Crippen LogP contribution in [0, 0.1) is 5.92 Å². The minimum Gasteiger partial charge on any atom is -0.458 e. The second-order valence-electron chi connectivity index (χ2n) is 5.77. The highest BCUT2D eigenvalue weighted by molar-refractivity contribution is 5.80. The Kier molecular flexibility index (Phi) is 4.76. The van der Waals surface area contributed by atoms with E-state index in [1.165, 1.54) is 0 Å². The Balaban J connectivity index is 2.75. The van der Waals surface area contributed by atoms with Crippen molar-refractivity contribution >= 4 is 11.7 Å². The Hall–Kier alpha value is -1.51. The van der Waals surface area contributed by atoms with Crippen LogP contribution in [0.4, 0.5) is 5.69 Å². The zero-order valence-corrected chi connectivity index (χ0v) is 11.9. The van der Waals surface area contributed by atoms with E-state index in [1.807, 2.05) is 65.0 Å². The molecular weight excluding hydrogens is 226 g/mol. The first kappa shape index (κ1) is 14.6. The molecule has 0 saturated heterocycles. The minimum absolute atomic E-state index is 0.167. The maximum atomic E-state index is 12.1. The third-order valence-electron chi connectivity index (χ3n) is 2.42. The van der Waals surface area contributed by atoms with Gasteiger partial charge in [0.05, 0.1) is 0 Å². The van der Waals surface area contributed by atoms with E-state index in [0.29, 0.717) is 0 Å². The molecule has 100 valence electrons. The van der Waals surface area contributed by atoms with Crippen LogP contribution in [0.25, 0.3) is 0 Å². The molecule has 1 aromatic carbocycles. The van der Waals surface area contributed by atoms with Crippen LogP contribution in [-0.2, 0) is 9.53 Å². The molecule has 3 nitrogen and oxygen atoms in total. The predicted octanol–water partition coefficient (Wildman–Crippen LogP) is 3.46. The highest BCUT2D eigenvalue weighted by Gasteiger charge is 2.27. The fourth-order valence-electron chi connectivity index (χ4n) is 1.58. The molecule has 0 bridgehead atoms. The largest absolute Gasteiger partial charge is 0.458 e. The van der Waals surface area contributed by atoms with Gasteiger partial charge in [0.1, 0.15) is 11.6 Å². The molecule has 0 aliphatic rings. The highest BCUT2D eigenvalue weighted by Crippen LogP contribution is 2.16. The summed E-state index contributed by atoms with van der Waals surface area (Å²) in [4.78, 5) is 12.1. The van der Waals surface area contributed by atoms with Crippen molar-refractivity contribution in [2.75, 3.05) is 5.32 Å². The van der Waals surface area contributed by atoms with Gasteiger partial charge in [-0.25, -0.2) is 4.79 Å². The van der Waals surface area contributed by atoms with Crippen molar-refractivity contribution in [3.63, 3.8) is 0 Å². The molecule has 0 fully saturated rings. The number of nitrogens with one attached hydrogen (secondary N) is 1. The third kappa shape index (κ3) is 4.78. The summed E-state index contributed by atoms with van der Waals surface area (Å²) in [6.45, 7) is 9.65. The summed E-state index contributed by atoms with van der Waals surface area (Å²) in [6, 6.07) is 9.39. The van der Waals surface area contributed by atoms with E-state index >= 15 is 0 Å². The van der Waals surface area contributed by atoms with Crippen molar-refractivity contribution in [3.8, 4) is 0 Å². The third-order valence-corrected chi connectivity index (χ3v) is 2.42. The number of carbonyl (C=O) groups is 1. The van der Waals surface area contributed by atoms with E-state index in [9.17, 15) is 4.79 Å². The number of benzene rings is 1. The monoisotopic (exact) mass is 249 g/mol. The molecule has 0 aliphatic carbocycles. The first-order valence-electron chi connectivity index (χ1n) is 6.34. The van der Waals surface area contributed by atoms with Gasteiger partial charge < -0.3 is 10.1 Å². The molecule has 0 saturated carbocycles. The maximum Gasteiger partial charge on any atom is 0.329 e. The fraction of sp³-hybridized carbons (Fsp3) is 0.533. The van der Waals surface area contributed by atoms with Gasteiger partial charge in [0.2, 0.25) is 0 Å². The molecule has 0 aliphatic heterocycles. The number of carbonyl (C=O) groups excluding carboxylic acids is 1. The molecule has 1 aromatic rings. The fourth-order valence-corrected chi connectivity index (χ4v) is 1.58. The van der Waals surface area contributed by atoms with Crippen LogP contribution in [0.3, 0.4) is 0 Å². The summed E-state index contributed by atoms with van der Waals surface area (Å²) in [6.07, 6.45) is 0. The van der Waals surface area contributed by atoms with Gasteiger partial charge in [-0.1, -0.05) is 32.0 Å². The topological polar surface area (TPSA) is 38.3 Å². The van der Waals surface area contributed by atoms with Crippen molar-refractivity contribution in [1.29, 1.82) is 0 Å². The molecular formula is C15H23NO2. The lowest BCUT2D eigenvalue weighted by atomic mass is 10.0. The second-order valence-corrected chi connectivity index (χ2v) is 5.77. The van der Waals surface area contributed by atoms with E-state index in [1.54, 1.807) is 0 Å². The summed E-state index contributed by atoms with van der Waals surface area (Å²) in [5.74, 6) is -0.0404. The lowest BCUT2D eigenvalue weighted by Gasteiger charge is -2.27. The van der Waals surface area contributed by atoms with Crippen LogP contribution in [-0.4, -0.2) is 17.6 Å². The minimum atomic E-state index is -0.456. The number of ether oxygens (including phenoxy) is 1. The molecule has 0 aromatic heterocycles. The van der Waals surface area contributed by atoms with Crippen LogP contribution in [0.5, 0.6) is 0 Å². The summed E-state index contributed by atoms with van der Waals surface area (Å²) >= 11 is 0. The Morgan fingerprint density at radius 3 is 2.17 bits per heavy atom. The van der Waals surface area contributed by atoms with Gasteiger partial charge in [0.15, 0.2) is 0 Å². The summed E-state index contributed by atoms with van der Waals surface area (Å²) < 4.78 is 5.43. The van der Waals surface area contributed by atoms with Gasteiger partial charge in [-0.3, -0.25) is 0 Å². The Bertz CT molecular complexity index is 379. The number of esters is 1. The zero-order valence-electron chi connectivity index (χ0n) is 11.9. The van der Waals surface area contributed by atoms with E-state index in [4.69, 9.17) is 4.74 Å². The molecule has 1 atom stereocenters. The number of para-hydroxylation sites is 1. The van der Waals surface area contributed by atoms with Gasteiger partial charge in [-0.15, -0.1) is 0 Å². The SMILES string of the molecule is CC(C)[C@H](Nc1ccccc1)C(=O)OC(C)(C)C. The van der Waals surface area contributed by atoms with Crippen LogP contribution < -0.4 is 5.32 Å². The average Bonchev–Trinajstić information content (AvgIpc) is 2.24. The van der Waals surface area contributed by atoms with Gasteiger partial charge in [-0.2, -0.15) is 0 Å². The van der Waals surface area contributed by atoms with Gasteiger partial charge >= 0.3 is 5.97 Å². The molecule has 0 heterocycles. The summed E-state index contributed by atoms with van der Waals surface area (Å²) in [5, 5.41) is 3.23.